The van der Waals surface area contributed by atoms with E-state index in [1.807, 2.05) is 31.0 Å². The molecule has 1 N–H and O–H groups in total. The van der Waals surface area contributed by atoms with E-state index in [-0.39, 0.29) is 5.82 Å². The molecule has 4 heteroatoms. The Labute approximate surface area is 119 Å². The highest BCUT2D eigenvalue weighted by atomic mass is 19.1. The van der Waals surface area contributed by atoms with Crippen molar-refractivity contribution < 1.29 is 8.81 Å². The van der Waals surface area contributed by atoms with Crippen LogP contribution in [0.4, 0.5) is 10.1 Å². The molecule has 0 saturated heterocycles. The number of benzene rings is 1. The van der Waals surface area contributed by atoms with Crippen molar-refractivity contribution >= 4 is 5.69 Å². The summed E-state index contributed by atoms with van der Waals surface area (Å²) in [4.78, 5) is 1.97. The van der Waals surface area contributed by atoms with E-state index in [1.54, 1.807) is 6.07 Å². The van der Waals surface area contributed by atoms with Crippen molar-refractivity contribution in [3.8, 4) is 0 Å². The van der Waals surface area contributed by atoms with Gasteiger partial charge in [-0.2, -0.15) is 0 Å². The monoisotopic (exact) mass is 276 g/mol. The lowest BCUT2D eigenvalue weighted by Crippen LogP contribution is -2.16. The zero-order valence-corrected chi connectivity index (χ0v) is 12.2. The maximum Gasteiger partial charge on any atom is 0.125 e. The molecule has 0 amide bonds. The van der Waals surface area contributed by atoms with Crippen LogP contribution in [0.5, 0.6) is 0 Å². The highest BCUT2D eigenvalue weighted by Gasteiger charge is 2.10. The first-order chi connectivity index (χ1) is 9.60. The van der Waals surface area contributed by atoms with Crippen molar-refractivity contribution in [2.75, 3.05) is 18.5 Å². The lowest BCUT2D eigenvalue weighted by Gasteiger charge is -2.17. The summed E-state index contributed by atoms with van der Waals surface area (Å²) in [7, 11) is 1.93. The Morgan fingerprint density at radius 1 is 1.30 bits per heavy atom. The standard InChI is InChI=1S/C16H21FN2O/c1-4-18-10-16-12(2)8-15(20-16)11-19(3)14-7-5-6-13(17)9-14/h5-9,18H,4,10-11H2,1-3H3. The molecule has 0 fully saturated rings. The molecule has 1 heterocycles. The second-order valence-electron chi connectivity index (χ2n) is 4.94. The number of hydrogen-bond acceptors (Lipinski definition) is 3. The van der Waals surface area contributed by atoms with Gasteiger partial charge in [-0.15, -0.1) is 0 Å². The van der Waals surface area contributed by atoms with Gasteiger partial charge in [0.1, 0.15) is 17.3 Å². The Hall–Kier alpha value is -1.81. The first kappa shape index (κ1) is 14.6. The molecule has 0 unspecified atom stereocenters. The summed E-state index contributed by atoms with van der Waals surface area (Å²) in [5.41, 5.74) is 1.99. The fourth-order valence-electron chi connectivity index (χ4n) is 2.12. The van der Waals surface area contributed by atoms with Crippen LogP contribution < -0.4 is 10.2 Å². The van der Waals surface area contributed by atoms with Gasteiger partial charge in [0, 0.05) is 12.7 Å². The van der Waals surface area contributed by atoms with Gasteiger partial charge in [0.05, 0.1) is 13.1 Å². The van der Waals surface area contributed by atoms with Crippen LogP contribution in [-0.4, -0.2) is 13.6 Å². The topological polar surface area (TPSA) is 28.4 Å². The number of anilines is 1. The van der Waals surface area contributed by atoms with E-state index in [1.165, 1.54) is 12.1 Å². The average Bonchev–Trinajstić information content (AvgIpc) is 2.76. The van der Waals surface area contributed by atoms with Crippen LogP contribution >= 0.6 is 0 Å². The quantitative estimate of drug-likeness (QED) is 0.875. The van der Waals surface area contributed by atoms with Gasteiger partial charge in [-0.1, -0.05) is 13.0 Å². The fourth-order valence-corrected chi connectivity index (χ4v) is 2.12. The molecule has 0 saturated carbocycles. The van der Waals surface area contributed by atoms with E-state index in [2.05, 4.69) is 12.2 Å². The number of nitrogens with one attached hydrogen (secondary N) is 1. The molecule has 0 radical (unpaired) electrons. The van der Waals surface area contributed by atoms with E-state index in [0.717, 1.165) is 35.9 Å². The predicted molar refractivity (Wildman–Crippen MR) is 79.3 cm³/mol. The number of aryl methyl sites for hydroxylation is 1. The summed E-state index contributed by atoms with van der Waals surface area (Å²) in [6.07, 6.45) is 0. The largest absolute Gasteiger partial charge is 0.463 e. The normalized spacial score (nSPS) is 10.8. The number of furan rings is 1. The summed E-state index contributed by atoms with van der Waals surface area (Å²) in [6, 6.07) is 8.62. The molecular weight excluding hydrogens is 255 g/mol. The minimum atomic E-state index is -0.224. The van der Waals surface area contributed by atoms with Gasteiger partial charge in [0.15, 0.2) is 0 Å². The van der Waals surface area contributed by atoms with Crippen molar-refractivity contribution in [3.05, 3.63) is 53.2 Å². The summed E-state index contributed by atoms with van der Waals surface area (Å²) in [5, 5.41) is 3.25. The number of halogens is 1. The van der Waals surface area contributed by atoms with Crippen LogP contribution in [0.25, 0.3) is 0 Å². The minimum absolute atomic E-state index is 0.224. The van der Waals surface area contributed by atoms with E-state index in [9.17, 15) is 4.39 Å². The second-order valence-corrected chi connectivity index (χ2v) is 4.94. The third-order valence-electron chi connectivity index (χ3n) is 3.25. The zero-order chi connectivity index (χ0) is 14.5. The molecule has 0 spiro atoms. The summed E-state index contributed by atoms with van der Waals surface area (Å²) < 4.78 is 19.1. The molecule has 0 aliphatic heterocycles. The summed E-state index contributed by atoms with van der Waals surface area (Å²) in [5.74, 6) is 1.63. The fraction of sp³-hybridized carbons (Fsp3) is 0.375. The molecule has 1 aromatic heterocycles. The third kappa shape index (κ3) is 3.61. The van der Waals surface area contributed by atoms with E-state index in [0.29, 0.717) is 6.54 Å². The van der Waals surface area contributed by atoms with Gasteiger partial charge in [0.2, 0.25) is 0 Å². The lowest BCUT2D eigenvalue weighted by molar-refractivity contribution is 0.446. The summed E-state index contributed by atoms with van der Waals surface area (Å²) >= 11 is 0. The van der Waals surface area contributed by atoms with Crippen molar-refractivity contribution in [1.82, 2.24) is 5.32 Å². The van der Waals surface area contributed by atoms with Gasteiger partial charge < -0.3 is 14.6 Å². The molecule has 2 rings (SSSR count). The zero-order valence-electron chi connectivity index (χ0n) is 12.2. The van der Waals surface area contributed by atoms with Gasteiger partial charge in [-0.3, -0.25) is 0 Å². The molecular formula is C16H21FN2O. The van der Waals surface area contributed by atoms with E-state index < -0.39 is 0 Å². The van der Waals surface area contributed by atoms with Gasteiger partial charge >= 0.3 is 0 Å². The van der Waals surface area contributed by atoms with Gasteiger partial charge in [-0.05, 0) is 43.3 Å². The van der Waals surface area contributed by atoms with Crippen molar-refractivity contribution in [1.29, 1.82) is 0 Å². The molecule has 20 heavy (non-hydrogen) atoms. The Morgan fingerprint density at radius 3 is 2.80 bits per heavy atom. The van der Waals surface area contributed by atoms with Crippen LogP contribution in [0, 0.1) is 12.7 Å². The van der Waals surface area contributed by atoms with Gasteiger partial charge in [0.25, 0.3) is 0 Å². The number of rotatable bonds is 6. The maximum absolute atomic E-state index is 13.2. The van der Waals surface area contributed by atoms with Crippen LogP contribution in [0.15, 0.2) is 34.7 Å². The van der Waals surface area contributed by atoms with E-state index in [4.69, 9.17) is 4.42 Å². The van der Waals surface area contributed by atoms with E-state index >= 15 is 0 Å². The molecule has 2 aromatic rings. The molecule has 1 aromatic carbocycles. The van der Waals surface area contributed by atoms with Crippen LogP contribution in [-0.2, 0) is 13.1 Å². The van der Waals surface area contributed by atoms with Crippen molar-refractivity contribution in [2.24, 2.45) is 0 Å². The smallest absolute Gasteiger partial charge is 0.125 e. The van der Waals surface area contributed by atoms with Crippen LogP contribution in [0.2, 0.25) is 0 Å². The molecule has 108 valence electrons. The highest BCUT2D eigenvalue weighted by Crippen LogP contribution is 2.20. The third-order valence-corrected chi connectivity index (χ3v) is 3.25. The highest BCUT2D eigenvalue weighted by molar-refractivity contribution is 5.45. The number of nitrogens with zero attached hydrogens (tertiary/aromatic N) is 1. The van der Waals surface area contributed by atoms with Gasteiger partial charge in [-0.25, -0.2) is 4.39 Å². The maximum atomic E-state index is 13.2. The minimum Gasteiger partial charge on any atom is -0.463 e. The molecule has 3 nitrogen and oxygen atoms in total. The average molecular weight is 276 g/mol. The Bertz CT molecular complexity index is 565. The van der Waals surface area contributed by atoms with Crippen molar-refractivity contribution in [3.63, 3.8) is 0 Å². The summed E-state index contributed by atoms with van der Waals surface area (Å²) in [6.45, 7) is 6.39. The van der Waals surface area contributed by atoms with Crippen LogP contribution in [0.3, 0.4) is 0 Å². The SMILES string of the molecule is CCNCc1oc(CN(C)c2cccc(F)c2)cc1C. The first-order valence-corrected chi connectivity index (χ1v) is 6.85. The van der Waals surface area contributed by atoms with Crippen molar-refractivity contribution in [2.45, 2.75) is 26.9 Å². The molecule has 0 bridgehead atoms. The Balaban J connectivity index is 2.06. The molecule has 0 aliphatic rings. The van der Waals surface area contributed by atoms with Crippen LogP contribution in [0.1, 0.15) is 24.0 Å². The second kappa shape index (κ2) is 6.57. The predicted octanol–water partition coefficient (Wildman–Crippen LogP) is 3.47. The molecule has 0 atom stereocenters. The Morgan fingerprint density at radius 2 is 2.10 bits per heavy atom. The first-order valence-electron chi connectivity index (χ1n) is 6.85. The lowest BCUT2D eigenvalue weighted by atomic mass is 10.2. The Kier molecular flexibility index (Phi) is 4.79. The number of hydrogen-bond donors (Lipinski definition) is 1. The molecule has 0 aliphatic carbocycles.